The van der Waals surface area contributed by atoms with Gasteiger partial charge in [-0.05, 0) is 105 Å². The summed E-state index contributed by atoms with van der Waals surface area (Å²) in [5, 5.41) is 7.21. The van der Waals surface area contributed by atoms with Crippen molar-refractivity contribution in [3.63, 3.8) is 0 Å². The number of furan rings is 1. The van der Waals surface area contributed by atoms with Crippen molar-refractivity contribution in [1.29, 1.82) is 0 Å². The van der Waals surface area contributed by atoms with Crippen LogP contribution in [0.4, 0.5) is 17.1 Å². The van der Waals surface area contributed by atoms with Gasteiger partial charge in [0.1, 0.15) is 11.2 Å². The van der Waals surface area contributed by atoms with Gasteiger partial charge in [0.05, 0.1) is 16.7 Å². The second-order valence-corrected chi connectivity index (χ2v) is 15.7. The molecule has 2 aromatic heterocycles. The van der Waals surface area contributed by atoms with E-state index in [1.54, 1.807) is 0 Å². The molecule has 0 bridgehead atoms. The molecule has 0 N–H and O–H groups in total. The molecule has 0 spiro atoms. The standard InChI is InChI=1S/C58H38N2O/c1-2-16-48-43(12-1)13-10-23-53(48)59(47-15-9-14-44(38-47)49-20-11-25-57-58(49)52-19-5-8-24-56(52)61-57)45-34-30-41(31-35-45)39-26-28-40(29-27-39)42-32-36-46(37-33-42)60-54-21-6-3-17-50(54)51-18-4-7-22-55(51)60/h1-38H. The van der Waals surface area contributed by atoms with Gasteiger partial charge in [-0.3, -0.25) is 0 Å². The first-order valence-electron chi connectivity index (χ1n) is 20.8. The van der Waals surface area contributed by atoms with Crippen molar-refractivity contribution >= 4 is 71.6 Å². The zero-order chi connectivity index (χ0) is 40.3. The summed E-state index contributed by atoms with van der Waals surface area (Å²) in [5.74, 6) is 0. The van der Waals surface area contributed by atoms with Crippen molar-refractivity contribution < 1.29 is 4.42 Å². The Hall–Kier alpha value is -8.14. The number of hydrogen-bond donors (Lipinski definition) is 0. The fraction of sp³-hybridized carbons (Fsp3) is 0. The van der Waals surface area contributed by atoms with Gasteiger partial charge in [0, 0.05) is 44.0 Å². The predicted molar refractivity (Wildman–Crippen MR) is 257 cm³/mol. The number of rotatable bonds is 7. The number of benzene rings is 10. The van der Waals surface area contributed by atoms with E-state index in [2.05, 4.69) is 228 Å². The fourth-order valence-corrected chi connectivity index (χ4v) is 9.32. The zero-order valence-electron chi connectivity index (χ0n) is 33.2. The lowest BCUT2D eigenvalue weighted by Crippen LogP contribution is -2.10. The number of anilines is 3. The number of hydrogen-bond acceptors (Lipinski definition) is 2. The quantitative estimate of drug-likeness (QED) is 0.161. The van der Waals surface area contributed by atoms with Crippen LogP contribution in [0, 0.1) is 0 Å². The molecule has 0 unspecified atom stereocenters. The lowest BCUT2D eigenvalue weighted by atomic mass is 9.98. The summed E-state index contributed by atoms with van der Waals surface area (Å²) < 4.78 is 8.65. The van der Waals surface area contributed by atoms with Crippen LogP contribution in [0.1, 0.15) is 0 Å². The van der Waals surface area contributed by atoms with E-state index in [1.165, 1.54) is 54.8 Å². The number of fused-ring (bicyclic) bond motifs is 7. The summed E-state index contributed by atoms with van der Waals surface area (Å²) in [7, 11) is 0. The highest BCUT2D eigenvalue weighted by Crippen LogP contribution is 2.43. The van der Waals surface area contributed by atoms with Gasteiger partial charge in [0.2, 0.25) is 0 Å². The van der Waals surface area contributed by atoms with Crippen molar-refractivity contribution in [2.24, 2.45) is 0 Å². The molecular formula is C58H38N2O. The van der Waals surface area contributed by atoms with E-state index in [9.17, 15) is 0 Å². The second-order valence-electron chi connectivity index (χ2n) is 15.7. The summed E-state index contributed by atoms with van der Waals surface area (Å²) in [6.45, 7) is 0. The first-order chi connectivity index (χ1) is 30.2. The van der Waals surface area contributed by atoms with E-state index < -0.39 is 0 Å². The molecule has 2 heterocycles. The first-order valence-corrected chi connectivity index (χ1v) is 20.8. The number of nitrogens with zero attached hydrogens (tertiary/aromatic N) is 2. The Balaban J connectivity index is 0.883. The molecule has 12 aromatic rings. The Morgan fingerprint density at radius 2 is 0.869 bits per heavy atom. The van der Waals surface area contributed by atoms with Crippen LogP contribution in [-0.2, 0) is 0 Å². The SMILES string of the molecule is c1cc(-c2cccc3oc4ccccc4c23)cc(N(c2ccc(-c3ccc(-c4ccc(-n5c6ccccc6c6ccccc65)cc4)cc3)cc2)c2cccc3ccccc23)c1. The molecule has 0 fully saturated rings. The molecule has 0 saturated carbocycles. The van der Waals surface area contributed by atoms with Crippen molar-refractivity contribution in [2.45, 2.75) is 0 Å². The molecule has 0 radical (unpaired) electrons. The molecule has 0 amide bonds. The highest BCUT2D eigenvalue weighted by molar-refractivity contribution is 6.13. The van der Waals surface area contributed by atoms with Crippen LogP contribution in [-0.4, -0.2) is 4.57 Å². The Morgan fingerprint density at radius 3 is 1.57 bits per heavy atom. The van der Waals surface area contributed by atoms with Crippen LogP contribution in [0.25, 0.3) is 93.6 Å². The Bertz CT molecular complexity index is 3520. The van der Waals surface area contributed by atoms with Crippen LogP contribution in [0.15, 0.2) is 235 Å². The molecule has 0 aliphatic rings. The molecule has 12 rings (SSSR count). The molecule has 3 heteroatoms. The van der Waals surface area contributed by atoms with E-state index in [1.807, 2.05) is 12.1 Å². The predicted octanol–water partition coefficient (Wildman–Crippen LogP) is 16.3. The maximum atomic E-state index is 6.28. The van der Waals surface area contributed by atoms with Crippen molar-refractivity contribution in [3.05, 3.63) is 231 Å². The number of aromatic nitrogens is 1. The lowest BCUT2D eigenvalue weighted by Gasteiger charge is -2.27. The van der Waals surface area contributed by atoms with Crippen LogP contribution in [0.3, 0.4) is 0 Å². The minimum atomic E-state index is 0.895. The highest BCUT2D eigenvalue weighted by atomic mass is 16.3. The van der Waals surface area contributed by atoms with Gasteiger partial charge in [-0.15, -0.1) is 0 Å². The molecule has 0 saturated heterocycles. The van der Waals surface area contributed by atoms with Crippen LogP contribution < -0.4 is 4.90 Å². The number of para-hydroxylation sites is 3. The monoisotopic (exact) mass is 778 g/mol. The lowest BCUT2D eigenvalue weighted by molar-refractivity contribution is 0.669. The molecule has 286 valence electrons. The van der Waals surface area contributed by atoms with Gasteiger partial charge in [-0.1, -0.05) is 164 Å². The summed E-state index contributed by atoms with van der Waals surface area (Å²) in [4.78, 5) is 2.38. The van der Waals surface area contributed by atoms with E-state index in [0.717, 1.165) is 55.8 Å². The van der Waals surface area contributed by atoms with Crippen molar-refractivity contribution in [2.75, 3.05) is 4.90 Å². The fourth-order valence-electron chi connectivity index (χ4n) is 9.32. The largest absolute Gasteiger partial charge is 0.456 e. The third-order valence-electron chi connectivity index (χ3n) is 12.2. The highest BCUT2D eigenvalue weighted by Gasteiger charge is 2.18. The van der Waals surface area contributed by atoms with Gasteiger partial charge in [0.25, 0.3) is 0 Å². The van der Waals surface area contributed by atoms with E-state index >= 15 is 0 Å². The third-order valence-corrected chi connectivity index (χ3v) is 12.2. The van der Waals surface area contributed by atoms with Gasteiger partial charge < -0.3 is 13.9 Å². The minimum Gasteiger partial charge on any atom is -0.456 e. The third kappa shape index (κ3) is 5.90. The van der Waals surface area contributed by atoms with Crippen molar-refractivity contribution in [3.8, 4) is 39.1 Å². The average molecular weight is 779 g/mol. The summed E-state index contributed by atoms with van der Waals surface area (Å²) in [6, 6.07) is 82.9. The zero-order valence-corrected chi connectivity index (χ0v) is 33.2. The Kier molecular flexibility index (Phi) is 8.17. The Labute approximate surface area is 353 Å². The van der Waals surface area contributed by atoms with Crippen LogP contribution >= 0.6 is 0 Å². The van der Waals surface area contributed by atoms with Crippen molar-refractivity contribution in [1.82, 2.24) is 4.57 Å². The molecular weight excluding hydrogens is 741 g/mol. The average Bonchev–Trinajstić information content (AvgIpc) is 3.88. The van der Waals surface area contributed by atoms with Gasteiger partial charge in [-0.25, -0.2) is 0 Å². The first kappa shape index (κ1) is 34.9. The van der Waals surface area contributed by atoms with Gasteiger partial charge in [0.15, 0.2) is 0 Å². The normalized spacial score (nSPS) is 11.6. The van der Waals surface area contributed by atoms with Crippen LogP contribution in [0.5, 0.6) is 0 Å². The summed E-state index contributed by atoms with van der Waals surface area (Å²) in [6.07, 6.45) is 0. The second kappa shape index (κ2) is 14.3. The minimum absolute atomic E-state index is 0.895. The maximum absolute atomic E-state index is 6.28. The van der Waals surface area contributed by atoms with E-state index in [-0.39, 0.29) is 0 Å². The van der Waals surface area contributed by atoms with Crippen LogP contribution in [0.2, 0.25) is 0 Å². The molecule has 0 atom stereocenters. The van der Waals surface area contributed by atoms with E-state index in [0.29, 0.717) is 0 Å². The molecule has 3 nitrogen and oxygen atoms in total. The molecule has 0 aliphatic heterocycles. The molecule has 0 aliphatic carbocycles. The van der Waals surface area contributed by atoms with Gasteiger partial charge in [-0.2, -0.15) is 0 Å². The van der Waals surface area contributed by atoms with Gasteiger partial charge >= 0.3 is 0 Å². The summed E-state index contributed by atoms with van der Waals surface area (Å²) in [5.41, 5.74) is 15.7. The van der Waals surface area contributed by atoms with E-state index in [4.69, 9.17) is 4.42 Å². The molecule has 10 aromatic carbocycles. The summed E-state index contributed by atoms with van der Waals surface area (Å²) >= 11 is 0. The topological polar surface area (TPSA) is 21.3 Å². The molecule has 61 heavy (non-hydrogen) atoms. The maximum Gasteiger partial charge on any atom is 0.136 e. The Morgan fingerprint density at radius 1 is 0.344 bits per heavy atom. The smallest absolute Gasteiger partial charge is 0.136 e.